The standard InChI is InChI=1S/C12H19N5S/c1-4-8(3)17(5-2)10-9-6-7-18-11(9)15-12(14-10)16-13/h6-8H,4-5,13H2,1-3H3,(H,14,15,16). The second kappa shape index (κ2) is 5.49. The first-order chi connectivity index (χ1) is 8.71. The summed E-state index contributed by atoms with van der Waals surface area (Å²) in [5.74, 6) is 6.88. The van der Waals surface area contributed by atoms with Crippen molar-refractivity contribution in [3.05, 3.63) is 11.4 Å². The van der Waals surface area contributed by atoms with E-state index in [0.717, 1.165) is 29.0 Å². The van der Waals surface area contributed by atoms with E-state index in [9.17, 15) is 0 Å². The lowest BCUT2D eigenvalue weighted by atomic mass is 10.2. The molecule has 2 rings (SSSR count). The third-order valence-electron chi connectivity index (χ3n) is 3.17. The van der Waals surface area contributed by atoms with Crippen LogP contribution in [0.1, 0.15) is 27.2 Å². The molecule has 0 amide bonds. The molecule has 18 heavy (non-hydrogen) atoms. The van der Waals surface area contributed by atoms with E-state index in [1.54, 1.807) is 11.3 Å². The van der Waals surface area contributed by atoms with Gasteiger partial charge in [0.25, 0.3) is 0 Å². The molecule has 2 heterocycles. The van der Waals surface area contributed by atoms with Gasteiger partial charge in [0, 0.05) is 12.6 Å². The number of hydrazine groups is 1. The monoisotopic (exact) mass is 265 g/mol. The fourth-order valence-electron chi connectivity index (χ4n) is 2.01. The van der Waals surface area contributed by atoms with Crippen molar-refractivity contribution in [1.82, 2.24) is 9.97 Å². The van der Waals surface area contributed by atoms with Gasteiger partial charge in [-0.25, -0.2) is 10.8 Å². The lowest BCUT2D eigenvalue weighted by Crippen LogP contribution is -2.33. The minimum atomic E-state index is 0.443. The molecule has 2 aromatic heterocycles. The molecule has 2 aromatic rings. The molecule has 5 nitrogen and oxygen atoms in total. The van der Waals surface area contributed by atoms with Crippen molar-refractivity contribution in [2.45, 2.75) is 33.2 Å². The number of aromatic nitrogens is 2. The summed E-state index contributed by atoms with van der Waals surface area (Å²) in [4.78, 5) is 12.1. The molecule has 1 unspecified atom stereocenters. The molecule has 3 N–H and O–H groups in total. The largest absolute Gasteiger partial charge is 0.353 e. The zero-order valence-electron chi connectivity index (χ0n) is 11.0. The lowest BCUT2D eigenvalue weighted by Gasteiger charge is -2.29. The van der Waals surface area contributed by atoms with E-state index in [2.05, 4.69) is 47.1 Å². The summed E-state index contributed by atoms with van der Waals surface area (Å²) in [6.07, 6.45) is 1.08. The van der Waals surface area contributed by atoms with Crippen molar-refractivity contribution >= 4 is 33.3 Å². The van der Waals surface area contributed by atoms with Crippen LogP contribution in [-0.2, 0) is 0 Å². The number of thiophene rings is 1. The van der Waals surface area contributed by atoms with Crippen LogP contribution in [0, 0.1) is 0 Å². The summed E-state index contributed by atoms with van der Waals surface area (Å²) < 4.78 is 0. The van der Waals surface area contributed by atoms with E-state index in [0.29, 0.717) is 12.0 Å². The van der Waals surface area contributed by atoms with Gasteiger partial charge in [-0.3, -0.25) is 5.43 Å². The highest BCUT2D eigenvalue weighted by Crippen LogP contribution is 2.30. The Balaban J connectivity index is 2.56. The summed E-state index contributed by atoms with van der Waals surface area (Å²) in [5.41, 5.74) is 2.54. The fourth-order valence-corrected chi connectivity index (χ4v) is 2.77. The van der Waals surface area contributed by atoms with Gasteiger partial charge in [0.05, 0.1) is 5.39 Å². The fraction of sp³-hybridized carbons (Fsp3) is 0.500. The Hall–Kier alpha value is -1.40. The molecule has 0 bridgehead atoms. The van der Waals surface area contributed by atoms with E-state index < -0.39 is 0 Å². The Morgan fingerprint density at radius 3 is 2.83 bits per heavy atom. The molecule has 0 aliphatic rings. The molecule has 1 atom stereocenters. The van der Waals surface area contributed by atoms with E-state index >= 15 is 0 Å². The Morgan fingerprint density at radius 1 is 1.44 bits per heavy atom. The number of fused-ring (bicyclic) bond motifs is 1. The Kier molecular flexibility index (Phi) is 3.98. The van der Waals surface area contributed by atoms with Gasteiger partial charge < -0.3 is 4.90 Å². The quantitative estimate of drug-likeness (QED) is 0.642. The van der Waals surface area contributed by atoms with Gasteiger partial charge in [-0.1, -0.05) is 6.92 Å². The van der Waals surface area contributed by atoms with Crippen molar-refractivity contribution in [2.75, 3.05) is 16.9 Å². The number of hydrogen-bond donors (Lipinski definition) is 2. The van der Waals surface area contributed by atoms with Gasteiger partial charge in [-0.05, 0) is 31.7 Å². The van der Waals surface area contributed by atoms with E-state index in [-0.39, 0.29) is 0 Å². The van der Waals surface area contributed by atoms with Crippen LogP contribution in [0.4, 0.5) is 11.8 Å². The van der Waals surface area contributed by atoms with Crippen molar-refractivity contribution in [3.8, 4) is 0 Å². The molecule has 0 fully saturated rings. The van der Waals surface area contributed by atoms with E-state index in [1.165, 1.54) is 0 Å². The molecule has 98 valence electrons. The van der Waals surface area contributed by atoms with E-state index in [1.807, 2.05) is 5.38 Å². The molecule has 0 aliphatic carbocycles. The molecule has 6 heteroatoms. The SMILES string of the molecule is CCC(C)N(CC)c1nc(NN)nc2sccc12. The number of nitrogens with two attached hydrogens (primary N) is 1. The summed E-state index contributed by atoms with van der Waals surface area (Å²) in [7, 11) is 0. The van der Waals surface area contributed by atoms with Gasteiger partial charge in [0.15, 0.2) is 0 Å². The first-order valence-electron chi connectivity index (χ1n) is 6.19. The third-order valence-corrected chi connectivity index (χ3v) is 3.98. The van der Waals surface area contributed by atoms with Crippen LogP contribution in [0.15, 0.2) is 11.4 Å². The Bertz CT molecular complexity index is 524. The Morgan fingerprint density at radius 2 is 2.22 bits per heavy atom. The smallest absolute Gasteiger partial charge is 0.240 e. The van der Waals surface area contributed by atoms with Crippen LogP contribution in [0.25, 0.3) is 10.2 Å². The number of rotatable bonds is 5. The first-order valence-corrected chi connectivity index (χ1v) is 7.07. The van der Waals surface area contributed by atoms with Crippen molar-refractivity contribution < 1.29 is 0 Å². The maximum absolute atomic E-state index is 5.44. The minimum absolute atomic E-state index is 0.443. The molecular formula is C12H19N5S. The van der Waals surface area contributed by atoms with Crippen molar-refractivity contribution in [3.63, 3.8) is 0 Å². The number of nitrogens with one attached hydrogen (secondary N) is 1. The maximum Gasteiger partial charge on any atom is 0.240 e. The summed E-state index contributed by atoms with van der Waals surface area (Å²) in [6, 6.07) is 2.51. The molecule has 0 aromatic carbocycles. The molecule has 0 saturated heterocycles. The highest BCUT2D eigenvalue weighted by atomic mass is 32.1. The van der Waals surface area contributed by atoms with Crippen LogP contribution >= 0.6 is 11.3 Å². The third kappa shape index (κ3) is 2.26. The predicted octanol–water partition coefficient (Wildman–Crippen LogP) is 2.60. The number of anilines is 2. The molecule has 0 spiro atoms. The molecule has 0 radical (unpaired) electrons. The second-order valence-electron chi connectivity index (χ2n) is 4.20. The van der Waals surface area contributed by atoms with Gasteiger partial charge in [0.1, 0.15) is 10.6 Å². The van der Waals surface area contributed by atoms with Crippen molar-refractivity contribution in [1.29, 1.82) is 0 Å². The average molecular weight is 265 g/mol. The first kappa shape index (κ1) is 13.0. The van der Waals surface area contributed by atoms with Crippen LogP contribution in [0.5, 0.6) is 0 Å². The van der Waals surface area contributed by atoms with Crippen molar-refractivity contribution in [2.24, 2.45) is 5.84 Å². The zero-order chi connectivity index (χ0) is 13.1. The van der Waals surface area contributed by atoms with Crippen LogP contribution in [-0.4, -0.2) is 22.6 Å². The number of nitrogen functional groups attached to an aromatic ring is 1. The normalized spacial score (nSPS) is 12.7. The number of nitrogens with zero attached hydrogens (tertiary/aromatic N) is 3. The molecular weight excluding hydrogens is 246 g/mol. The van der Waals surface area contributed by atoms with Gasteiger partial charge in [-0.2, -0.15) is 4.98 Å². The average Bonchev–Trinajstić information content (AvgIpc) is 2.87. The summed E-state index contributed by atoms with van der Waals surface area (Å²) in [5, 5.41) is 3.13. The van der Waals surface area contributed by atoms with Crippen LogP contribution in [0.3, 0.4) is 0 Å². The molecule has 0 aliphatic heterocycles. The topological polar surface area (TPSA) is 67.1 Å². The lowest BCUT2D eigenvalue weighted by molar-refractivity contribution is 0.625. The van der Waals surface area contributed by atoms with Gasteiger partial charge in [-0.15, -0.1) is 11.3 Å². The number of hydrogen-bond acceptors (Lipinski definition) is 6. The van der Waals surface area contributed by atoms with E-state index in [4.69, 9.17) is 5.84 Å². The minimum Gasteiger partial charge on any atom is -0.353 e. The highest BCUT2D eigenvalue weighted by Gasteiger charge is 2.17. The predicted molar refractivity (Wildman–Crippen MR) is 78.0 cm³/mol. The summed E-state index contributed by atoms with van der Waals surface area (Å²) >= 11 is 1.60. The molecule has 0 saturated carbocycles. The van der Waals surface area contributed by atoms with Gasteiger partial charge >= 0.3 is 0 Å². The van der Waals surface area contributed by atoms with Crippen LogP contribution in [0.2, 0.25) is 0 Å². The Labute approximate surface area is 111 Å². The zero-order valence-corrected chi connectivity index (χ0v) is 11.8. The summed E-state index contributed by atoms with van der Waals surface area (Å²) in [6.45, 7) is 7.45. The second-order valence-corrected chi connectivity index (χ2v) is 5.09. The highest BCUT2D eigenvalue weighted by molar-refractivity contribution is 7.16. The maximum atomic E-state index is 5.44. The van der Waals surface area contributed by atoms with Gasteiger partial charge in [0.2, 0.25) is 5.95 Å². The van der Waals surface area contributed by atoms with Crippen LogP contribution < -0.4 is 16.2 Å².